The van der Waals surface area contributed by atoms with Crippen LogP contribution in [0.25, 0.3) is 11.6 Å². The van der Waals surface area contributed by atoms with E-state index < -0.39 is 0 Å². The van der Waals surface area contributed by atoms with Gasteiger partial charge in [0.25, 0.3) is 0 Å². The van der Waals surface area contributed by atoms with Gasteiger partial charge in [0.2, 0.25) is 0 Å². The van der Waals surface area contributed by atoms with Crippen molar-refractivity contribution in [3.63, 3.8) is 0 Å². The van der Waals surface area contributed by atoms with Crippen molar-refractivity contribution in [2.75, 3.05) is 0 Å². The number of hydrogen-bond acceptors (Lipinski definition) is 0. The molecule has 0 aliphatic carbocycles. The van der Waals surface area contributed by atoms with Gasteiger partial charge < -0.3 is 0 Å². The molecule has 1 aromatic carbocycles. The van der Waals surface area contributed by atoms with Gasteiger partial charge in [-0.25, -0.2) is 0 Å². The summed E-state index contributed by atoms with van der Waals surface area (Å²) in [6.07, 6.45) is 6.38. The van der Waals surface area contributed by atoms with E-state index in [9.17, 15) is 0 Å². The maximum absolute atomic E-state index is 2.24. The Bertz CT molecular complexity index is 368. The van der Waals surface area contributed by atoms with Crippen LogP contribution < -0.4 is 0 Å². The first-order chi connectivity index (χ1) is 6.69. The molecule has 0 heterocycles. The molecule has 0 bridgehead atoms. The van der Waals surface area contributed by atoms with E-state index >= 15 is 0 Å². The Hall–Kier alpha value is -1.30. The summed E-state index contributed by atoms with van der Waals surface area (Å²) in [6, 6.07) is 6.60. The fraction of sp³-hybridized carbons (Fsp3) is 0.286. The first-order valence-electron chi connectivity index (χ1n) is 5.05. The van der Waals surface area contributed by atoms with E-state index in [4.69, 9.17) is 0 Å². The normalized spacial score (nSPS) is 12.4. The molecular formula is C14H18. The molecule has 0 aromatic heterocycles. The van der Waals surface area contributed by atoms with Crippen molar-refractivity contribution in [1.82, 2.24) is 0 Å². The molecule has 0 aliphatic heterocycles. The van der Waals surface area contributed by atoms with Crippen LogP contribution in [0.15, 0.2) is 30.4 Å². The van der Waals surface area contributed by atoms with E-state index in [0.717, 1.165) is 0 Å². The number of allylic oxidation sites excluding steroid dienone is 3. The van der Waals surface area contributed by atoms with Crippen molar-refractivity contribution < 1.29 is 0 Å². The molecular weight excluding hydrogens is 168 g/mol. The highest BCUT2D eigenvalue weighted by atomic mass is 14.0. The minimum atomic E-state index is 1.31. The number of aryl methyl sites for hydroxylation is 1. The molecule has 14 heavy (non-hydrogen) atoms. The van der Waals surface area contributed by atoms with E-state index in [1.54, 1.807) is 0 Å². The maximum Gasteiger partial charge on any atom is -0.0224 e. The van der Waals surface area contributed by atoms with Gasteiger partial charge >= 0.3 is 0 Å². The molecule has 1 aromatic rings. The van der Waals surface area contributed by atoms with Crippen LogP contribution in [-0.4, -0.2) is 0 Å². The van der Waals surface area contributed by atoms with E-state index in [1.807, 2.05) is 0 Å². The van der Waals surface area contributed by atoms with Gasteiger partial charge in [-0.05, 0) is 56.0 Å². The average Bonchev–Trinajstić information content (AvgIpc) is 2.20. The Morgan fingerprint density at radius 2 is 1.93 bits per heavy atom. The Labute approximate surface area is 87.0 Å². The number of rotatable bonds is 2. The molecule has 0 spiro atoms. The largest absolute Gasteiger partial charge is 0.0871 e. The Kier molecular flexibility index (Phi) is 3.70. The van der Waals surface area contributed by atoms with E-state index in [0.29, 0.717) is 0 Å². The van der Waals surface area contributed by atoms with Crippen molar-refractivity contribution in [3.8, 4) is 0 Å². The molecule has 1 rings (SSSR count). The van der Waals surface area contributed by atoms with Gasteiger partial charge in [-0.3, -0.25) is 0 Å². The van der Waals surface area contributed by atoms with E-state index in [-0.39, 0.29) is 0 Å². The van der Waals surface area contributed by atoms with Gasteiger partial charge in [0, 0.05) is 0 Å². The predicted octanol–water partition coefficient (Wildman–Crippen LogP) is 4.45. The summed E-state index contributed by atoms with van der Waals surface area (Å²) < 4.78 is 0. The lowest BCUT2D eigenvalue weighted by Gasteiger charge is -2.05. The average molecular weight is 186 g/mol. The molecule has 0 heteroatoms. The van der Waals surface area contributed by atoms with E-state index in [2.05, 4.69) is 64.1 Å². The second-order valence-corrected chi connectivity index (χ2v) is 3.54. The van der Waals surface area contributed by atoms with Crippen LogP contribution in [0.5, 0.6) is 0 Å². The van der Waals surface area contributed by atoms with Gasteiger partial charge in [0.1, 0.15) is 0 Å². The summed E-state index contributed by atoms with van der Waals surface area (Å²) >= 11 is 0. The van der Waals surface area contributed by atoms with E-state index in [1.165, 1.54) is 22.3 Å². The molecule has 0 amide bonds. The van der Waals surface area contributed by atoms with Gasteiger partial charge in [0.05, 0.1) is 0 Å². The summed E-state index contributed by atoms with van der Waals surface area (Å²) in [5.41, 5.74) is 5.28. The minimum Gasteiger partial charge on any atom is -0.0871 e. The van der Waals surface area contributed by atoms with Crippen LogP contribution in [0.3, 0.4) is 0 Å². The molecule has 0 fully saturated rings. The first-order valence-corrected chi connectivity index (χ1v) is 5.05. The highest BCUT2D eigenvalue weighted by Gasteiger charge is 1.98. The summed E-state index contributed by atoms with van der Waals surface area (Å²) in [5, 5.41) is 0. The fourth-order valence-corrected chi connectivity index (χ4v) is 1.41. The molecule has 0 radical (unpaired) electrons. The SMILES string of the molecule is C/C=C/c1cc(/C(C)=C/C)ccc1C. The van der Waals surface area contributed by atoms with Crippen LogP contribution in [0.4, 0.5) is 0 Å². The Morgan fingerprint density at radius 3 is 2.50 bits per heavy atom. The second kappa shape index (κ2) is 4.80. The van der Waals surface area contributed by atoms with Crippen molar-refractivity contribution in [2.24, 2.45) is 0 Å². The molecule has 0 N–H and O–H groups in total. The van der Waals surface area contributed by atoms with Crippen LogP contribution >= 0.6 is 0 Å². The number of hydrogen-bond donors (Lipinski definition) is 0. The topological polar surface area (TPSA) is 0 Å². The van der Waals surface area contributed by atoms with Crippen LogP contribution in [0.1, 0.15) is 37.5 Å². The fourth-order valence-electron chi connectivity index (χ4n) is 1.41. The summed E-state index contributed by atoms with van der Waals surface area (Å²) in [7, 11) is 0. The third-order valence-electron chi connectivity index (χ3n) is 2.51. The minimum absolute atomic E-state index is 1.31. The van der Waals surface area contributed by atoms with Gasteiger partial charge in [0.15, 0.2) is 0 Å². The highest BCUT2D eigenvalue weighted by Crippen LogP contribution is 2.19. The lowest BCUT2D eigenvalue weighted by Crippen LogP contribution is -1.85. The summed E-state index contributed by atoms with van der Waals surface area (Å²) in [5.74, 6) is 0. The van der Waals surface area contributed by atoms with Crippen molar-refractivity contribution in [2.45, 2.75) is 27.7 Å². The quantitative estimate of drug-likeness (QED) is 0.640. The summed E-state index contributed by atoms with van der Waals surface area (Å²) in [6.45, 7) is 8.41. The highest BCUT2D eigenvalue weighted by molar-refractivity contribution is 5.67. The third-order valence-corrected chi connectivity index (χ3v) is 2.51. The molecule has 0 unspecified atom stereocenters. The Balaban J connectivity index is 3.19. The standard InChI is InChI=1S/C14H18/c1-5-7-13-10-14(11(3)6-2)9-8-12(13)4/h5-10H,1-4H3/b7-5+,11-6+. The first kappa shape index (κ1) is 10.8. The predicted molar refractivity (Wildman–Crippen MR) is 65.2 cm³/mol. The van der Waals surface area contributed by atoms with Crippen LogP contribution in [0.2, 0.25) is 0 Å². The zero-order valence-corrected chi connectivity index (χ0v) is 9.46. The van der Waals surface area contributed by atoms with Crippen LogP contribution in [0, 0.1) is 6.92 Å². The summed E-state index contributed by atoms with van der Waals surface area (Å²) in [4.78, 5) is 0. The lowest BCUT2D eigenvalue weighted by molar-refractivity contribution is 1.41. The molecule has 0 aliphatic rings. The molecule has 74 valence electrons. The molecule has 0 saturated carbocycles. The zero-order chi connectivity index (χ0) is 10.6. The van der Waals surface area contributed by atoms with Gasteiger partial charge in [-0.15, -0.1) is 0 Å². The lowest BCUT2D eigenvalue weighted by atomic mass is 10.0. The third kappa shape index (κ3) is 2.35. The van der Waals surface area contributed by atoms with Gasteiger partial charge in [-0.1, -0.05) is 30.4 Å². The molecule has 0 saturated heterocycles. The second-order valence-electron chi connectivity index (χ2n) is 3.54. The van der Waals surface area contributed by atoms with Crippen molar-refractivity contribution in [3.05, 3.63) is 47.0 Å². The molecule has 0 nitrogen and oxygen atoms in total. The maximum atomic E-state index is 2.24. The monoisotopic (exact) mass is 186 g/mol. The van der Waals surface area contributed by atoms with Crippen molar-refractivity contribution in [1.29, 1.82) is 0 Å². The van der Waals surface area contributed by atoms with Crippen molar-refractivity contribution >= 4 is 11.6 Å². The van der Waals surface area contributed by atoms with Gasteiger partial charge in [-0.2, -0.15) is 0 Å². The zero-order valence-electron chi connectivity index (χ0n) is 9.46. The number of benzene rings is 1. The molecule has 0 atom stereocenters. The van der Waals surface area contributed by atoms with Crippen LogP contribution in [-0.2, 0) is 0 Å². The Morgan fingerprint density at radius 1 is 1.21 bits per heavy atom. The smallest absolute Gasteiger partial charge is 0.0224 e.